The van der Waals surface area contributed by atoms with Gasteiger partial charge in [-0.2, -0.15) is 0 Å². The maximum absolute atomic E-state index is 11.9. The molecule has 2 saturated heterocycles. The van der Waals surface area contributed by atoms with Gasteiger partial charge in [-0.05, 0) is 31.4 Å². The Kier molecular flexibility index (Phi) is 4.35. The number of piperidine rings is 1. The number of carbonyl (C=O) groups is 2. The van der Waals surface area contributed by atoms with Crippen LogP contribution in [0.25, 0.3) is 0 Å². The zero-order valence-corrected chi connectivity index (χ0v) is 13.5. The second-order valence-corrected chi connectivity index (χ2v) is 7.03. The first kappa shape index (κ1) is 15.3. The summed E-state index contributed by atoms with van der Waals surface area (Å²) in [7, 11) is 0. The van der Waals surface area contributed by atoms with E-state index in [2.05, 4.69) is 0 Å². The third-order valence-electron chi connectivity index (χ3n) is 4.19. The molecule has 3 heterocycles. The minimum Gasteiger partial charge on any atom is -0.443 e. The van der Waals surface area contributed by atoms with Crippen molar-refractivity contribution in [2.24, 2.45) is 5.73 Å². The number of thiophene rings is 1. The molecule has 120 valence electrons. The molecule has 0 aliphatic carbocycles. The molecule has 0 bridgehead atoms. The van der Waals surface area contributed by atoms with Crippen molar-refractivity contribution in [3.63, 3.8) is 0 Å². The number of hydrogen-bond donors (Lipinski definition) is 1. The van der Waals surface area contributed by atoms with Gasteiger partial charge in [-0.3, -0.25) is 9.69 Å². The van der Waals surface area contributed by atoms with E-state index in [4.69, 9.17) is 10.5 Å². The normalized spacial score (nSPS) is 22.4. The topological polar surface area (TPSA) is 75.9 Å². The lowest BCUT2D eigenvalue weighted by Gasteiger charge is -2.26. The van der Waals surface area contributed by atoms with E-state index in [-0.39, 0.29) is 18.1 Å². The Labute approximate surface area is 133 Å². The monoisotopic (exact) mass is 323 g/mol. The lowest BCUT2D eigenvalue weighted by atomic mass is 10.1. The standard InChI is InChI=1S/C15H21N3O3S/c1-10-11(8-17-5-3-2-4-13(17)19)6-14(22-10)18-9-12(7-16)21-15(18)20/h6,12H,2-5,7-9,16H2,1H3/t12-/m0/s1. The van der Waals surface area contributed by atoms with Crippen LogP contribution in [-0.2, 0) is 16.1 Å². The summed E-state index contributed by atoms with van der Waals surface area (Å²) in [5, 5.41) is 0.873. The number of cyclic esters (lactones) is 1. The van der Waals surface area contributed by atoms with Gasteiger partial charge in [-0.1, -0.05) is 0 Å². The molecule has 0 aromatic carbocycles. The summed E-state index contributed by atoms with van der Waals surface area (Å²) in [4.78, 5) is 28.5. The highest BCUT2D eigenvalue weighted by Crippen LogP contribution is 2.33. The highest BCUT2D eigenvalue weighted by atomic mass is 32.1. The molecule has 2 N–H and O–H groups in total. The summed E-state index contributed by atoms with van der Waals surface area (Å²) >= 11 is 1.56. The number of rotatable bonds is 4. The number of likely N-dealkylation sites (tertiary alicyclic amines) is 1. The number of hydrogen-bond acceptors (Lipinski definition) is 5. The lowest BCUT2D eigenvalue weighted by Crippen LogP contribution is -2.34. The van der Waals surface area contributed by atoms with Crippen LogP contribution in [0.2, 0.25) is 0 Å². The Morgan fingerprint density at radius 3 is 2.91 bits per heavy atom. The Balaban J connectivity index is 1.73. The van der Waals surface area contributed by atoms with Gasteiger partial charge in [0.2, 0.25) is 5.91 Å². The summed E-state index contributed by atoms with van der Waals surface area (Å²) in [6.45, 7) is 4.31. The predicted molar refractivity (Wildman–Crippen MR) is 85.0 cm³/mol. The van der Waals surface area contributed by atoms with Crippen LogP contribution >= 0.6 is 11.3 Å². The number of carbonyl (C=O) groups excluding carboxylic acids is 2. The van der Waals surface area contributed by atoms with Gasteiger partial charge in [0.25, 0.3) is 0 Å². The lowest BCUT2D eigenvalue weighted by molar-refractivity contribution is -0.133. The fourth-order valence-electron chi connectivity index (χ4n) is 2.85. The average molecular weight is 323 g/mol. The van der Waals surface area contributed by atoms with E-state index in [9.17, 15) is 9.59 Å². The fourth-order valence-corrected chi connectivity index (χ4v) is 3.88. The molecule has 0 spiro atoms. The summed E-state index contributed by atoms with van der Waals surface area (Å²) in [6.07, 6.45) is 2.13. The van der Waals surface area contributed by atoms with Gasteiger partial charge in [-0.15, -0.1) is 11.3 Å². The van der Waals surface area contributed by atoms with E-state index in [0.29, 0.717) is 26.1 Å². The summed E-state index contributed by atoms with van der Waals surface area (Å²) in [5.41, 5.74) is 6.68. The number of ether oxygens (including phenoxy) is 1. The van der Waals surface area contributed by atoms with Crippen LogP contribution in [0.5, 0.6) is 0 Å². The molecule has 1 atom stereocenters. The molecule has 2 amide bonds. The van der Waals surface area contributed by atoms with Crippen LogP contribution < -0.4 is 10.6 Å². The van der Waals surface area contributed by atoms with Gasteiger partial charge in [0.15, 0.2) is 0 Å². The maximum atomic E-state index is 11.9. The number of nitrogens with zero attached hydrogens (tertiary/aromatic N) is 2. The van der Waals surface area contributed by atoms with E-state index in [1.807, 2.05) is 17.9 Å². The van der Waals surface area contributed by atoms with Crippen LogP contribution in [0, 0.1) is 6.92 Å². The van der Waals surface area contributed by atoms with Crippen molar-refractivity contribution in [3.8, 4) is 0 Å². The molecule has 2 aliphatic rings. The van der Waals surface area contributed by atoms with Gasteiger partial charge < -0.3 is 15.4 Å². The number of amides is 2. The molecule has 0 saturated carbocycles. The molecule has 2 fully saturated rings. The molecule has 3 rings (SSSR count). The Bertz CT molecular complexity index is 587. The van der Waals surface area contributed by atoms with Crippen LogP contribution in [0.3, 0.4) is 0 Å². The first-order chi connectivity index (χ1) is 10.6. The Morgan fingerprint density at radius 2 is 2.23 bits per heavy atom. The fraction of sp³-hybridized carbons (Fsp3) is 0.600. The van der Waals surface area contributed by atoms with Crippen molar-refractivity contribution < 1.29 is 14.3 Å². The summed E-state index contributed by atoms with van der Waals surface area (Å²) < 4.78 is 5.20. The molecule has 6 nitrogen and oxygen atoms in total. The van der Waals surface area contributed by atoms with Gasteiger partial charge in [0.1, 0.15) is 11.1 Å². The van der Waals surface area contributed by atoms with E-state index in [0.717, 1.165) is 34.8 Å². The zero-order chi connectivity index (χ0) is 15.7. The Morgan fingerprint density at radius 1 is 1.41 bits per heavy atom. The van der Waals surface area contributed by atoms with Gasteiger partial charge in [0.05, 0.1) is 6.54 Å². The third kappa shape index (κ3) is 2.96. The van der Waals surface area contributed by atoms with Crippen LogP contribution in [-0.4, -0.2) is 42.6 Å². The number of nitrogens with two attached hydrogens (primary N) is 1. The molecule has 7 heteroatoms. The maximum Gasteiger partial charge on any atom is 0.415 e. The van der Waals surface area contributed by atoms with Crippen molar-refractivity contribution in [2.45, 2.75) is 38.8 Å². The van der Waals surface area contributed by atoms with E-state index < -0.39 is 0 Å². The molecular weight excluding hydrogens is 302 g/mol. The first-order valence-electron chi connectivity index (χ1n) is 7.64. The van der Waals surface area contributed by atoms with Crippen molar-refractivity contribution in [3.05, 3.63) is 16.5 Å². The molecule has 1 aromatic heterocycles. The number of aryl methyl sites for hydroxylation is 1. The third-order valence-corrected chi connectivity index (χ3v) is 5.31. The average Bonchev–Trinajstić information content (AvgIpc) is 3.05. The van der Waals surface area contributed by atoms with Crippen molar-refractivity contribution in [1.29, 1.82) is 0 Å². The number of anilines is 1. The Hall–Kier alpha value is -1.60. The largest absolute Gasteiger partial charge is 0.443 e. The minimum atomic E-state index is -0.336. The smallest absolute Gasteiger partial charge is 0.415 e. The van der Waals surface area contributed by atoms with Crippen LogP contribution in [0.15, 0.2) is 6.07 Å². The van der Waals surface area contributed by atoms with Crippen molar-refractivity contribution >= 4 is 28.3 Å². The van der Waals surface area contributed by atoms with E-state index in [1.165, 1.54) is 0 Å². The summed E-state index contributed by atoms with van der Waals surface area (Å²) in [6, 6.07) is 2.00. The molecule has 0 unspecified atom stereocenters. The molecule has 22 heavy (non-hydrogen) atoms. The first-order valence-corrected chi connectivity index (χ1v) is 8.45. The highest BCUT2D eigenvalue weighted by Gasteiger charge is 2.33. The van der Waals surface area contributed by atoms with E-state index in [1.54, 1.807) is 16.2 Å². The van der Waals surface area contributed by atoms with Gasteiger partial charge >= 0.3 is 6.09 Å². The summed E-state index contributed by atoms with van der Waals surface area (Å²) in [5.74, 6) is 0.224. The predicted octanol–water partition coefficient (Wildman–Crippen LogP) is 1.85. The molecule has 1 aromatic rings. The minimum absolute atomic E-state index is 0.224. The van der Waals surface area contributed by atoms with E-state index >= 15 is 0 Å². The molecule has 0 radical (unpaired) electrons. The van der Waals surface area contributed by atoms with Crippen LogP contribution in [0.4, 0.5) is 9.80 Å². The van der Waals surface area contributed by atoms with Gasteiger partial charge in [0, 0.05) is 30.9 Å². The SMILES string of the molecule is Cc1sc(N2C[C@H](CN)OC2=O)cc1CN1CCCCC1=O. The van der Waals surface area contributed by atoms with Crippen molar-refractivity contribution in [1.82, 2.24) is 4.90 Å². The zero-order valence-electron chi connectivity index (χ0n) is 12.7. The van der Waals surface area contributed by atoms with Crippen LogP contribution in [0.1, 0.15) is 29.7 Å². The highest BCUT2D eigenvalue weighted by molar-refractivity contribution is 7.16. The van der Waals surface area contributed by atoms with Gasteiger partial charge in [-0.25, -0.2) is 4.79 Å². The second kappa shape index (κ2) is 6.26. The van der Waals surface area contributed by atoms with Crippen molar-refractivity contribution in [2.75, 3.05) is 24.5 Å². The molecule has 2 aliphatic heterocycles. The quantitative estimate of drug-likeness (QED) is 0.917. The second-order valence-electron chi connectivity index (χ2n) is 5.79. The molecular formula is C15H21N3O3S.